The molecule has 6 heteroatoms. The second-order valence-corrected chi connectivity index (χ2v) is 8.34. The molecule has 2 heterocycles. The minimum absolute atomic E-state index is 0.0317. The number of likely N-dealkylation sites (N-methyl/N-ethyl adjacent to an activating group) is 1. The number of amides is 1. The van der Waals surface area contributed by atoms with Crippen LogP contribution in [0.1, 0.15) is 31.7 Å². The standard InChI is InChI=1S/C23H31N5O/c1-2-27(16-19-8-4-3-5-9-19)15-14-24-21(29)20-17-28(18-23(20)10-6-11-23)22-25-12-7-13-26-22/h3-5,7-9,12-13,20H,2,6,10-11,14-18H2,1H3,(H,24,29). The Morgan fingerprint density at radius 1 is 1.21 bits per heavy atom. The Labute approximate surface area is 173 Å². The highest BCUT2D eigenvalue weighted by Gasteiger charge is 2.53. The molecule has 0 bridgehead atoms. The lowest BCUT2D eigenvalue weighted by molar-refractivity contribution is -0.129. The third kappa shape index (κ3) is 4.42. The number of carbonyl (C=O) groups excluding carboxylic acids is 1. The van der Waals surface area contributed by atoms with Gasteiger partial charge in [0.25, 0.3) is 0 Å². The maximum Gasteiger partial charge on any atom is 0.225 e. The third-order valence-electron chi connectivity index (χ3n) is 6.57. The Hall–Kier alpha value is -2.47. The van der Waals surface area contributed by atoms with Gasteiger partial charge < -0.3 is 10.2 Å². The van der Waals surface area contributed by atoms with Crippen LogP contribution in [-0.4, -0.2) is 53.5 Å². The van der Waals surface area contributed by atoms with Crippen molar-refractivity contribution in [2.75, 3.05) is 37.6 Å². The molecule has 2 aliphatic rings. The van der Waals surface area contributed by atoms with Crippen molar-refractivity contribution < 1.29 is 4.79 Å². The van der Waals surface area contributed by atoms with Crippen LogP contribution in [0.5, 0.6) is 0 Å². The molecule has 0 radical (unpaired) electrons. The van der Waals surface area contributed by atoms with E-state index in [-0.39, 0.29) is 17.2 Å². The van der Waals surface area contributed by atoms with Crippen LogP contribution in [0.4, 0.5) is 5.95 Å². The fourth-order valence-corrected chi connectivity index (χ4v) is 4.73. The maximum absolute atomic E-state index is 13.1. The summed E-state index contributed by atoms with van der Waals surface area (Å²) in [6, 6.07) is 12.3. The lowest BCUT2D eigenvalue weighted by Gasteiger charge is -2.42. The minimum Gasteiger partial charge on any atom is -0.354 e. The van der Waals surface area contributed by atoms with E-state index in [0.717, 1.165) is 51.5 Å². The van der Waals surface area contributed by atoms with Crippen LogP contribution >= 0.6 is 0 Å². The predicted octanol–water partition coefficient (Wildman–Crippen LogP) is 2.72. The topological polar surface area (TPSA) is 61.4 Å². The Morgan fingerprint density at radius 2 is 1.97 bits per heavy atom. The van der Waals surface area contributed by atoms with Gasteiger partial charge in [-0.2, -0.15) is 0 Å². The van der Waals surface area contributed by atoms with E-state index in [1.807, 2.05) is 12.1 Å². The van der Waals surface area contributed by atoms with Gasteiger partial charge in [0.1, 0.15) is 0 Å². The van der Waals surface area contributed by atoms with E-state index < -0.39 is 0 Å². The van der Waals surface area contributed by atoms with Crippen LogP contribution < -0.4 is 10.2 Å². The average Bonchev–Trinajstić information content (AvgIpc) is 3.16. The molecule has 6 nitrogen and oxygen atoms in total. The highest BCUT2D eigenvalue weighted by molar-refractivity contribution is 5.81. The van der Waals surface area contributed by atoms with E-state index in [2.05, 4.69) is 56.3 Å². The second kappa shape index (κ2) is 8.91. The first-order valence-electron chi connectivity index (χ1n) is 10.8. The zero-order chi connectivity index (χ0) is 20.1. The predicted molar refractivity (Wildman–Crippen MR) is 114 cm³/mol. The normalized spacial score (nSPS) is 20.1. The zero-order valence-electron chi connectivity index (χ0n) is 17.3. The van der Waals surface area contributed by atoms with Crippen molar-refractivity contribution in [2.24, 2.45) is 11.3 Å². The molecule has 2 fully saturated rings. The van der Waals surface area contributed by atoms with Gasteiger partial charge in [0.05, 0.1) is 5.92 Å². The van der Waals surface area contributed by atoms with Crippen LogP contribution in [0.3, 0.4) is 0 Å². The van der Waals surface area contributed by atoms with Crippen LogP contribution in [0.25, 0.3) is 0 Å². The highest BCUT2D eigenvalue weighted by Crippen LogP contribution is 2.52. The van der Waals surface area contributed by atoms with Gasteiger partial charge in [0, 0.05) is 50.5 Å². The Balaban J connectivity index is 1.31. The number of nitrogens with one attached hydrogen (secondary N) is 1. The maximum atomic E-state index is 13.1. The molecule has 1 amide bonds. The smallest absolute Gasteiger partial charge is 0.225 e. The number of aromatic nitrogens is 2. The number of hydrogen-bond donors (Lipinski definition) is 1. The van der Waals surface area contributed by atoms with E-state index in [4.69, 9.17) is 0 Å². The van der Waals surface area contributed by atoms with E-state index in [1.165, 1.54) is 12.0 Å². The first kappa shape index (κ1) is 19.8. The van der Waals surface area contributed by atoms with Crippen molar-refractivity contribution in [3.8, 4) is 0 Å². The molecule has 1 atom stereocenters. The van der Waals surface area contributed by atoms with Gasteiger partial charge in [-0.15, -0.1) is 0 Å². The number of anilines is 1. The van der Waals surface area contributed by atoms with Crippen molar-refractivity contribution in [3.63, 3.8) is 0 Å². The Kier molecular flexibility index (Phi) is 6.09. The monoisotopic (exact) mass is 393 g/mol. The number of rotatable bonds is 8. The molecule has 1 aromatic carbocycles. The molecule has 1 aliphatic carbocycles. The summed E-state index contributed by atoms with van der Waals surface area (Å²) in [5, 5.41) is 3.22. The first-order valence-corrected chi connectivity index (χ1v) is 10.8. The molecule has 4 rings (SSSR count). The Morgan fingerprint density at radius 3 is 2.62 bits per heavy atom. The quantitative estimate of drug-likeness (QED) is 0.747. The SMILES string of the molecule is CCN(CCNC(=O)C1CN(c2ncccn2)CC12CCC2)Cc1ccccc1. The molecule has 1 saturated heterocycles. The summed E-state index contributed by atoms with van der Waals surface area (Å²) in [7, 11) is 0. The Bertz CT molecular complexity index is 793. The van der Waals surface area contributed by atoms with Crippen LogP contribution in [0.15, 0.2) is 48.8 Å². The molecule has 154 valence electrons. The molecule has 1 aliphatic heterocycles. The van der Waals surface area contributed by atoms with E-state index in [9.17, 15) is 4.79 Å². The van der Waals surface area contributed by atoms with Gasteiger partial charge in [-0.25, -0.2) is 9.97 Å². The van der Waals surface area contributed by atoms with E-state index in [0.29, 0.717) is 6.54 Å². The summed E-state index contributed by atoms with van der Waals surface area (Å²) >= 11 is 0. The van der Waals surface area contributed by atoms with Crippen LogP contribution in [0.2, 0.25) is 0 Å². The van der Waals surface area contributed by atoms with Crippen LogP contribution in [0, 0.1) is 11.3 Å². The summed E-state index contributed by atoms with van der Waals surface area (Å²) in [4.78, 5) is 26.4. The van der Waals surface area contributed by atoms with Gasteiger partial charge in [-0.3, -0.25) is 9.69 Å². The fraction of sp³-hybridized carbons (Fsp3) is 0.522. The molecular weight excluding hydrogens is 362 g/mol. The van der Waals surface area contributed by atoms with Gasteiger partial charge in [0.15, 0.2) is 0 Å². The van der Waals surface area contributed by atoms with Gasteiger partial charge in [-0.1, -0.05) is 43.7 Å². The number of benzene rings is 1. The summed E-state index contributed by atoms with van der Waals surface area (Å²) in [5.41, 5.74) is 1.42. The highest BCUT2D eigenvalue weighted by atomic mass is 16.2. The third-order valence-corrected chi connectivity index (χ3v) is 6.57. The molecular formula is C23H31N5O. The lowest BCUT2D eigenvalue weighted by atomic mass is 9.62. The van der Waals surface area contributed by atoms with Crippen molar-refractivity contribution in [1.82, 2.24) is 20.2 Å². The molecule has 29 heavy (non-hydrogen) atoms. The number of carbonyl (C=O) groups is 1. The zero-order valence-corrected chi connectivity index (χ0v) is 17.3. The molecule has 1 N–H and O–H groups in total. The van der Waals surface area contributed by atoms with Crippen molar-refractivity contribution in [2.45, 2.75) is 32.7 Å². The molecule has 1 aromatic heterocycles. The first-order chi connectivity index (χ1) is 14.2. The van der Waals surface area contributed by atoms with Gasteiger partial charge >= 0.3 is 0 Å². The summed E-state index contributed by atoms with van der Waals surface area (Å²) in [6.45, 7) is 7.22. The van der Waals surface area contributed by atoms with Gasteiger partial charge in [-0.05, 0) is 31.0 Å². The summed E-state index contributed by atoms with van der Waals surface area (Å²) < 4.78 is 0. The van der Waals surface area contributed by atoms with Crippen molar-refractivity contribution in [1.29, 1.82) is 0 Å². The van der Waals surface area contributed by atoms with Crippen molar-refractivity contribution in [3.05, 3.63) is 54.4 Å². The average molecular weight is 394 g/mol. The van der Waals surface area contributed by atoms with Crippen molar-refractivity contribution >= 4 is 11.9 Å². The van der Waals surface area contributed by atoms with E-state index >= 15 is 0 Å². The lowest BCUT2D eigenvalue weighted by Crippen LogP contribution is -2.46. The van der Waals surface area contributed by atoms with E-state index in [1.54, 1.807) is 12.4 Å². The molecule has 1 saturated carbocycles. The fourth-order valence-electron chi connectivity index (χ4n) is 4.73. The van der Waals surface area contributed by atoms with Crippen LogP contribution in [-0.2, 0) is 11.3 Å². The molecule has 2 aromatic rings. The second-order valence-electron chi connectivity index (χ2n) is 8.34. The van der Waals surface area contributed by atoms with Gasteiger partial charge in [0.2, 0.25) is 11.9 Å². The number of hydrogen-bond acceptors (Lipinski definition) is 5. The molecule has 1 spiro atoms. The number of nitrogens with zero attached hydrogens (tertiary/aromatic N) is 4. The summed E-state index contributed by atoms with van der Waals surface area (Å²) in [5.74, 6) is 0.970. The largest absolute Gasteiger partial charge is 0.354 e. The molecule has 1 unspecified atom stereocenters. The minimum atomic E-state index is 0.0317. The summed E-state index contributed by atoms with van der Waals surface area (Å²) in [6.07, 6.45) is 7.02.